The first-order valence-corrected chi connectivity index (χ1v) is 4.49. The fourth-order valence-corrected chi connectivity index (χ4v) is 1.34. The second kappa shape index (κ2) is 4.14. The highest BCUT2D eigenvalue weighted by atomic mass is 19.1. The van der Waals surface area contributed by atoms with Crippen LogP contribution in [0.2, 0.25) is 0 Å². The Morgan fingerprint density at radius 2 is 2.33 bits per heavy atom. The first kappa shape index (κ1) is 9.72. The van der Waals surface area contributed by atoms with Crippen molar-refractivity contribution in [2.75, 3.05) is 0 Å². The molecular weight excluding hydrogens is 197 g/mol. The Labute approximate surface area is 85.5 Å². The molecule has 5 nitrogen and oxygen atoms in total. The summed E-state index contributed by atoms with van der Waals surface area (Å²) in [6.07, 6.45) is 0.483. The Bertz CT molecular complexity index is 428. The number of hydrogen-bond acceptors (Lipinski definition) is 4. The van der Waals surface area contributed by atoms with Crippen LogP contribution >= 0.6 is 0 Å². The quantitative estimate of drug-likeness (QED) is 0.771. The molecule has 0 aliphatic rings. The van der Waals surface area contributed by atoms with E-state index in [-0.39, 0.29) is 11.9 Å². The second-order valence-corrected chi connectivity index (χ2v) is 3.21. The summed E-state index contributed by atoms with van der Waals surface area (Å²) in [5, 5.41) is 13.3. The van der Waals surface area contributed by atoms with E-state index in [1.807, 2.05) is 6.07 Å². The van der Waals surface area contributed by atoms with Crippen LogP contribution in [0.5, 0.6) is 0 Å². The van der Waals surface area contributed by atoms with Gasteiger partial charge in [0.15, 0.2) is 5.82 Å². The molecule has 0 aliphatic heterocycles. The molecule has 0 spiro atoms. The highest BCUT2D eigenvalue weighted by Gasteiger charge is 2.11. The average molecular weight is 207 g/mol. The summed E-state index contributed by atoms with van der Waals surface area (Å²) in [5.74, 6) is 0.159. The van der Waals surface area contributed by atoms with Crippen molar-refractivity contribution < 1.29 is 4.39 Å². The minimum absolute atomic E-state index is 0.271. The third-order valence-electron chi connectivity index (χ3n) is 2.04. The van der Waals surface area contributed by atoms with E-state index in [9.17, 15) is 4.39 Å². The number of halogens is 1. The van der Waals surface area contributed by atoms with Gasteiger partial charge >= 0.3 is 0 Å². The van der Waals surface area contributed by atoms with E-state index in [2.05, 4.69) is 20.6 Å². The number of rotatable bonds is 3. The third-order valence-corrected chi connectivity index (χ3v) is 2.04. The lowest BCUT2D eigenvalue weighted by Gasteiger charge is -2.06. The summed E-state index contributed by atoms with van der Waals surface area (Å²) >= 11 is 0. The number of hydrogen-bond donors (Lipinski definition) is 2. The van der Waals surface area contributed by atoms with Crippen molar-refractivity contribution >= 4 is 0 Å². The Hall–Kier alpha value is -1.82. The van der Waals surface area contributed by atoms with Gasteiger partial charge in [0.1, 0.15) is 5.82 Å². The molecule has 3 N–H and O–H groups in total. The summed E-state index contributed by atoms with van der Waals surface area (Å²) < 4.78 is 12.9. The predicted octanol–water partition coefficient (Wildman–Crippen LogP) is 0.581. The Balaban J connectivity index is 2.09. The van der Waals surface area contributed by atoms with E-state index in [1.165, 1.54) is 12.1 Å². The van der Waals surface area contributed by atoms with Crippen LogP contribution in [0.15, 0.2) is 24.3 Å². The number of tetrazole rings is 1. The van der Waals surface area contributed by atoms with Gasteiger partial charge < -0.3 is 5.73 Å². The molecule has 6 heteroatoms. The molecule has 0 unspecified atom stereocenters. The van der Waals surface area contributed by atoms with Crippen molar-refractivity contribution in [2.45, 2.75) is 12.5 Å². The fourth-order valence-electron chi connectivity index (χ4n) is 1.34. The SMILES string of the molecule is N[C@H](Cc1cccc(F)c1)c1nn[nH]n1. The van der Waals surface area contributed by atoms with Gasteiger partial charge in [-0.2, -0.15) is 5.21 Å². The number of nitrogens with one attached hydrogen (secondary N) is 1. The molecule has 2 aromatic rings. The number of H-pyrrole nitrogens is 1. The van der Waals surface area contributed by atoms with E-state index < -0.39 is 0 Å². The Morgan fingerprint density at radius 3 is 3.00 bits per heavy atom. The Kier molecular flexibility index (Phi) is 2.68. The molecule has 1 heterocycles. The first-order chi connectivity index (χ1) is 7.25. The maximum atomic E-state index is 12.9. The second-order valence-electron chi connectivity index (χ2n) is 3.21. The molecule has 0 aliphatic carbocycles. The molecule has 0 bridgehead atoms. The molecule has 15 heavy (non-hydrogen) atoms. The summed E-state index contributed by atoms with van der Waals surface area (Å²) in [6, 6.07) is 5.92. The van der Waals surface area contributed by atoms with E-state index >= 15 is 0 Å². The normalized spacial score (nSPS) is 12.7. The number of benzene rings is 1. The minimum atomic E-state index is -0.370. The van der Waals surface area contributed by atoms with Crippen molar-refractivity contribution in [3.05, 3.63) is 41.5 Å². The average Bonchev–Trinajstić information content (AvgIpc) is 2.70. The van der Waals surface area contributed by atoms with Gasteiger partial charge in [-0.1, -0.05) is 17.3 Å². The van der Waals surface area contributed by atoms with Gasteiger partial charge in [0.25, 0.3) is 0 Å². The van der Waals surface area contributed by atoms with E-state index in [0.717, 1.165) is 5.56 Å². The molecule has 2 rings (SSSR count). The lowest BCUT2D eigenvalue weighted by molar-refractivity contribution is 0.618. The van der Waals surface area contributed by atoms with Gasteiger partial charge in [-0.15, -0.1) is 10.2 Å². The summed E-state index contributed by atoms with van der Waals surface area (Å²) in [4.78, 5) is 0. The molecule has 0 saturated carbocycles. The van der Waals surface area contributed by atoms with Gasteiger partial charge in [-0.25, -0.2) is 4.39 Å². The van der Waals surface area contributed by atoms with Crippen LogP contribution in [0.1, 0.15) is 17.4 Å². The van der Waals surface area contributed by atoms with E-state index in [4.69, 9.17) is 5.73 Å². The van der Waals surface area contributed by atoms with Crippen molar-refractivity contribution in [3.63, 3.8) is 0 Å². The van der Waals surface area contributed by atoms with Gasteiger partial charge in [0, 0.05) is 0 Å². The van der Waals surface area contributed by atoms with Crippen molar-refractivity contribution in [1.82, 2.24) is 20.6 Å². The van der Waals surface area contributed by atoms with Gasteiger partial charge in [0.2, 0.25) is 0 Å². The van der Waals surface area contributed by atoms with Gasteiger partial charge in [-0.3, -0.25) is 0 Å². The molecule has 0 saturated heterocycles. The van der Waals surface area contributed by atoms with Crippen LogP contribution in [0.3, 0.4) is 0 Å². The van der Waals surface area contributed by atoms with Crippen molar-refractivity contribution in [1.29, 1.82) is 0 Å². The topological polar surface area (TPSA) is 80.5 Å². The molecule has 0 fully saturated rings. The number of aromatic amines is 1. The summed E-state index contributed by atoms with van der Waals surface area (Å²) in [5.41, 5.74) is 6.63. The molecule has 1 aromatic heterocycles. The van der Waals surface area contributed by atoms with Crippen LogP contribution in [-0.4, -0.2) is 20.6 Å². The van der Waals surface area contributed by atoms with Crippen molar-refractivity contribution in [2.24, 2.45) is 5.73 Å². The molecule has 1 atom stereocenters. The van der Waals surface area contributed by atoms with Crippen LogP contribution in [0.25, 0.3) is 0 Å². The zero-order valence-electron chi connectivity index (χ0n) is 7.89. The zero-order valence-corrected chi connectivity index (χ0v) is 7.89. The highest BCUT2D eigenvalue weighted by Crippen LogP contribution is 2.12. The highest BCUT2D eigenvalue weighted by molar-refractivity contribution is 5.18. The summed E-state index contributed by atoms with van der Waals surface area (Å²) in [7, 11) is 0. The number of nitrogens with zero attached hydrogens (tertiary/aromatic N) is 3. The number of nitrogens with two attached hydrogens (primary N) is 1. The van der Waals surface area contributed by atoms with Crippen LogP contribution in [0, 0.1) is 5.82 Å². The minimum Gasteiger partial charge on any atom is -0.321 e. The van der Waals surface area contributed by atoms with Gasteiger partial charge in [0.05, 0.1) is 6.04 Å². The summed E-state index contributed by atoms with van der Waals surface area (Å²) in [6.45, 7) is 0. The molecule has 78 valence electrons. The van der Waals surface area contributed by atoms with Crippen molar-refractivity contribution in [3.8, 4) is 0 Å². The van der Waals surface area contributed by atoms with Crippen LogP contribution in [-0.2, 0) is 6.42 Å². The standard InChI is InChI=1S/C9H10FN5/c10-7-3-1-2-6(4-7)5-8(11)9-12-14-15-13-9/h1-4,8H,5,11H2,(H,12,13,14,15)/t8-/m1/s1. The largest absolute Gasteiger partial charge is 0.321 e. The number of aromatic nitrogens is 4. The molecule has 0 amide bonds. The Morgan fingerprint density at radius 1 is 1.47 bits per heavy atom. The van der Waals surface area contributed by atoms with Gasteiger partial charge in [-0.05, 0) is 24.1 Å². The smallest absolute Gasteiger partial charge is 0.191 e. The maximum Gasteiger partial charge on any atom is 0.191 e. The van der Waals surface area contributed by atoms with E-state index in [1.54, 1.807) is 6.07 Å². The van der Waals surface area contributed by atoms with Crippen LogP contribution < -0.4 is 5.73 Å². The van der Waals surface area contributed by atoms with E-state index in [0.29, 0.717) is 12.2 Å². The monoisotopic (exact) mass is 207 g/mol. The predicted molar refractivity (Wildman–Crippen MR) is 51.2 cm³/mol. The third kappa shape index (κ3) is 2.35. The lowest BCUT2D eigenvalue weighted by Crippen LogP contribution is -2.15. The lowest BCUT2D eigenvalue weighted by atomic mass is 10.1. The fraction of sp³-hybridized carbons (Fsp3) is 0.222. The zero-order chi connectivity index (χ0) is 10.7. The molecule has 0 radical (unpaired) electrons. The first-order valence-electron chi connectivity index (χ1n) is 4.49. The van der Waals surface area contributed by atoms with Crippen LogP contribution in [0.4, 0.5) is 4.39 Å². The molecule has 1 aromatic carbocycles. The maximum absolute atomic E-state index is 12.9. The molecular formula is C9H10FN5.